The maximum absolute atomic E-state index is 11.6. The second-order valence-corrected chi connectivity index (χ2v) is 8.37. The van der Waals surface area contributed by atoms with Crippen molar-refractivity contribution in [2.75, 3.05) is 27.2 Å². The molecule has 2 N–H and O–H groups in total. The molecule has 0 radical (unpaired) electrons. The third kappa shape index (κ3) is 7.54. The highest BCUT2D eigenvalue weighted by atomic mass is 127. The Bertz CT molecular complexity index is 803. The predicted molar refractivity (Wildman–Crippen MR) is 135 cm³/mol. The summed E-state index contributed by atoms with van der Waals surface area (Å²) in [6.45, 7) is 2.55. The lowest BCUT2D eigenvalue weighted by atomic mass is 9.93. The summed E-state index contributed by atoms with van der Waals surface area (Å²) >= 11 is 1.73. The average molecular weight is 542 g/mol. The molecule has 0 unspecified atom stereocenters. The van der Waals surface area contributed by atoms with E-state index in [4.69, 9.17) is 4.98 Å². The van der Waals surface area contributed by atoms with Gasteiger partial charge in [0.2, 0.25) is 5.91 Å². The average Bonchev–Trinajstić information content (AvgIpc) is 3.22. The van der Waals surface area contributed by atoms with Gasteiger partial charge in [0.05, 0.1) is 17.2 Å². The first-order chi connectivity index (χ1) is 14.2. The van der Waals surface area contributed by atoms with E-state index in [9.17, 15) is 4.79 Å². The number of thiazole rings is 1. The minimum absolute atomic E-state index is 0. The molecule has 2 heterocycles. The number of amides is 1. The van der Waals surface area contributed by atoms with E-state index < -0.39 is 0 Å². The summed E-state index contributed by atoms with van der Waals surface area (Å²) in [6, 6.07) is 10.5. The van der Waals surface area contributed by atoms with Gasteiger partial charge in [-0.3, -0.25) is 9.79 Å². The van der Waals surface area contributed by atoms with Gasteiger partial charge in [-0.25, -0.2) is 4.98 Å². The van der Waals surface area contributed by atoms with Crippen LogP contribution in [-0.4, -0.2) is 48.9 Å². The van der Waals surface area contributed by atoms with E-state index in [0.29, 0.717) is 18.9 Å². The minimum Gasteiger partial charge on any atom is -0.359 e. The highest BCUT2D eigenvalue weighted by Gasteiger charge is 2.23. The normalized spacial score (nSPS) is 14.9. The van der Waals surface area contributed by atoms with Crippen molar-refractivity contribution in [3.63, 3.8) is 0 Å². The van der Waals surface area contributed by atoms with Crippen LogP contribution in [0.1, 0.15) is 35.5 Å². The van der Waals surface area contributed by atoms with Crippen molar-refractivity contribution in [2.45, 2.75) is 38.6 Å². The van der Waals surface area contributed by atoms with Crippen LogP contribution in [0.5, 0.6) is 0 Å². The Kier molecular flexibility index (Phi) is 10.6. The van der Waals surface area contributed by atoms with Gasteiger partial charge < -0.3 is 15.5 Å². The third-order valence-corrected chi connectivity index (χ3v) is 6.33. The van der Waals surface area contributed by atoms with Crippen molar-refractivity contribution in [1.82, 2.24) is 20.5 Å². The second-order valence-electron chi connectivity index (χ2n) is 7.43. The molecule has 164 valence electrons. The molecule has 1 aromatic heterocycles. The Balaban J connectivity index is 0.00000320. The van der Waals surface area contributed by atoms with E-state index in [1.54, 1.807) is 18.4 Å². The Labute approximate surface area is 200 Å². The quantitative estimate of drug-likeness (QED) is 0.320. The SMILES string of the molecule is CN=C(NCc1csc(CCc2ccccc2)n1)N1CCC(CC(=O)NC)CC1.I. The molecule has 8 heteroatoms. The van der Waals surface area contributed by atoms with E-state index in [0.717, 1.165) is 50.4 Å². The first kappa shape index (κ1) is 24.6. The molecule has 1 aliphatic rings. The Morgan fingerprint density at radius 3 is 2.63 bits per heavy atom. The van der Waals surface area contributed by atoms with Gasteiger partial charge in [-0.05, 0) is 30.7 Å². The lowest BCUT2D eigenvalue weighted by molar-refractivity contribution is -0.121. The number of benzene rings is 1. The summed E-state index contributed by atoms with van der Waals surface area (Å²) in [4.78, 5) is 23.1. The lowest BCUT2D eigenvalue weighted by Gasteiger charge is -2.34. The summed E-state index contributed by atoms with van der Waals surface area (Å²) in [5.41, 5.74) is 2.41. The summed E-state index contributed by atoms with van der Waals surface area (Å²) < 4.78 is 0. The number of aryl methyl sites for hydroxylation is 2. The number of hydrogen-bond donors (Lipinski definition) is 2. The van der Waals surface area contributed by atoms with Crippen molar-refractivity contribution in [3.8, 4) is 0 Å². The lowest BCUT2D eigenvalue weighted by Crippen LogP contribution is -2.45. The molecule has 6 nitrogen and oxygen atoms in total. The number of carbonyl (C=O) groups is 1. The van der Waals surface area contributed by atoms with Crippen LogP contribution in [0, 0.1) is 5.92 Å². The molecule has 1 amide bonds. The Morgan fingerprint density at radius 2 is 1.97 bits per heavy atom. The van der Waals surface area contributed by atoms with E-state index in [1.807, 2.05) is 13.1 Å². The number of nitrogens with one attached hydrogen (secondary N) is 2. The third-order valence-electron chi connectivity index (χ3n) is 5.38. The molecule has 0 spiro atoms. The van der Waals surface area contributed by atoms with Crippen molar-refractivity contribution < 1.29 is 4.79 Å². The van der Waals surface area contributed by atoms with Gasteiger partial charge >= 0.3 is 0 Å². The van der Waals surface area contributed by atoms with Crippen LogP contribution < -0.4 is 10.6 Å². The maximum atomic E-state index is 11.6. The minimum atomic E-state index is 0. The van der Waals surface area contributed by atoms with Crippen LogP contribution in [0.2, 0.25) is 0 Å². The number of piperidine rings is 1. The summed E-state index contributed by atoms with van der Waals surface area (Å²) in [5.74, 6) is 1.52. The molecular weight excluding hydrogens is 509 g/mol. The van der Waals surface area contributed by atoms with Crippen molar-refractivity contribution in [3.05, 3.63) is 52.0 Å². The van der Waals surface area contributed by atoms with Gasteiger partial charge in [0.1, 0.15) is 0 Å². The molecule has 30 heavy (non-hydrogen) atoms. The van der Waals surface area contributed by atoms with Gasteiger partial charge in [0, 0.05) is 45.4 Å². The largest absolute Gasteiger partial charge is 0.359 e. The van der Waals surface area contributed by atoms with E-state index in [1.165, 1.54) is 10.6 Å². The number of aromatic nitrogens is 1. The predicted octanol–water partition coefficient (Wildman–Crippen LogP) is 3.47. The van der Waals surface area contributed by atoms with Crippen molar-refractivity contribution >= 4 is 47.2 Å². The van der Waals surface area contributed by atoms with Crippen molar-refractivity contribution in [1.29, 1.82) is 0 Å². The number of aliphatic imine (C=N–C) groups is 1. The number of halogens is 1. The maximum Gasteiger partial charge on any atom is 0.220 e. The first-order valence-electron chi connectivity index (χ1n) is 10.3. The Hall–Kier alpha value is -1.68. The number of guanidine groups is 1. The fraction of sp³-hybridized carbons (Fsp3) is 0.500. The smallest absolute Gasteiger partial charge is 0.220 e. The monoisotopic (exact) mass is 541 g/mol. The summed E-state index contributed by atoms with van der Waals surface area (Å²) in [7, 11) is 3.53. The van der Waals surface area contributed by atoms with Crippen LogP contribution in [0.3, 0.4) is 0 Å². The summed E-state index contributed by atoms with van der Waals surface area (Å²) in [5, 5.41) is 9.48. The molecule has 3 rings (SSSR count). The number of rotatable bonds is 7. The fourth-order valence-corrected chi connectivity index (χ4v) is 4.45. The molecule has 1 fully saturated rings. The molecule has 2 aromatic rings. The Morgan fingerprint density at radius 1 is 1.23 bits per heavy atom. The first-order valence-corrected chi connectivity index (χ1v) is 11.2. The number of nitrogens with zero attached hydrogens (tertiary/aromatic N) is 3. The van der Waals surface area contributed by atoms with Crippen LogP contribution in [-0.2, 0) is 24.2 Å². The van der Waals surface area contributed by atoms with Crippen LogP contribution in [0.15, 0.2) is 40.7 Å². The van der Waals surface area contributed by atoms with Crippen LogP contribution in [0.25, 0.3) is 0 Å². The van der Waals surface area contributed by atoms with E-state index >= 15 is 0 Å². The van der Waals surface area contributed by atoms with Crippen molar-refractivity contribution in [2.24, 2.45) is 10.9 Å². The summed E-state index contributed by atoms with van der Waals surface area (Å²) in [6.07, 6.45) is 4.67. The zero-order chi connectivity index (χ0) is 20.5. The number of likely N-dealkylation sites (tertiary alicyclic amines) is 1. The molecule has 0 aliphatic carbocycles. The standard InChI is InChI=1S/C22H31N5OS.HI/c1-23-20(28)14-18-10-12-27(13-11-18)22(24-2)25-15-19-16-29-21(26-19)9-8-17-6-4-3-5-7-17;/h3-7,16,18H,8-15H2,1-2H3,(H,23,28)(H,24,25);1H. The van der Waals surface area contributed by atoms with E-state index in [-0.39, 0.29) is 29.9 Å². The molecule has 1 aliphatic heterocycles. The highest BCUT2D eigenvalue weighted by Crippen LogP contribution is 2.20. The van der Waals surface area contributed by atoms with Crippen LogP contribution in [0.4, 0.5) is 0 Å². The number of carbonyl (C=O) groups excluding carboxylic acids is 1. The molecule has 1 saturated heterocycles. The molecule has 0 atom stereocenters. The van der Waals surface area contributed by atoms with Gasteiger partial charge in [-0.2, -0.15) is 0 Å². The molecular formula is C22H32IN5OS. The highest BCUT2D eigenvalue weighted by molar-refractivity contribution is 14.0. The van der Waals surface area contributed by atoms with Gasteiger partial charge in [-0.15, -0.1) is 35.3 Å². The van der Waals surface area contributed by atoms with Crippen LogP contribution >= 0.6 is 35.3 Å². The van der Waals surface area contributed by atoms with Gasteiger partial charge in [0.15, 0.2) is 5.96 Å². The molecule has 0 bridgehead atoms. The zero-order valence-electron chi connectivity index (χ0n) is 17.8. The zero-order valence-corrected chi connectivity index (χ0v) is 20.9. The molecule has 1 aromatic carbocycles. The number of hydrogen-bond acceptors (Lipinski definition) is 4. The van der Waals surface area contributed by atoms with Gasteiger partial charge in [0.25, 0.3) is 0 Å². The fourth-order valence-electron chi connectivity index (χ4n) is 3.66. The second kappa shape index (κ2) is 12.9. The molecule has 0 saturated carbocycles. The van der Waals surface area contributed by atoms with Gasteiger partial charge in [-0.1, -0.05) is 30.3 Å². The van der Waals surface area contributed by atoms with E-state index in [2.05, 4.69) is 50.2 Å². The topological polar surface area (TPSA) is 69.6 Å².